The van der Waals surface area contributed by atoms with Crippen molar-refractivity contribution < 1.29 is 24.2 Å². The van der Waals surface area contributed by atoms with E-state index in [1.165, 1.54) is 37.1 Å². The highest BCUT2D eigenvalue weighted by Crippen LogP contribution is 2.29. The molecule has 0 fully saturated rings. The Kier molecular flexibility index (Phi) is 10.4. The summed E-state index contributed by atoms with van der Waals surface area (Å²) >= 11 is 1.39. The molecule has 8 nitrogen and oxygen atoms in total. The summed E-state index contributed by atoms with van der Waals surface area (Å²) in [5, 5.41) is 18.0. The number of anilines is 2. The van der Waals surface area contributed by atoms with Crippen LogP contribution in [0.4, 0.5) is 11.4 Å². The maximum Gasteiger partial charge on any atom is 0.272 e. The molecule has 0 radical (unpaired) electrons. The maximum absolute atomic E-state index is 13.5. The molecule has 0 heterocycles. The zero-order chi connectivity index (χ0) is 29.9. The number of phenols is 1. The second-order valence-corrected chi connectivity index (χ2v) is 10.4. The van der Waals surface area contributed by atoms with E-state index < -0.39 is 11.8 Å². The predicted molar refractivity (Wildman–Crippen MR) is 167 cm³/mol. The Labute approximate surface area is 248 Å². The fraction of sp³-hybridized carbons (Fsp3) is 0.121. The van der Waals surface area contributed by atoms with Crippen LogP contribution in [0.3, 0.4) is 0 Å². The van der Waals surface area contributed by atoms with Crippen molar-refractivity contribution in [3.05, 3.63) is 120 Å². The summed E-state index contributed by atoms with van der Waals surface area (Å²) < 4.78 is 5.35. The van der Waals surface area contributed by atoms with E-state index in [1.54, 1.807) is 54.6 Å². The molecule has 0 aliphatic carbocycles. The fourth-order valence-corrected chi connectivity index (χ4v) is 5.01. The summed E-state index contributed by atoms with van der Waals surface area (Å²) in [5.41, 5.74) is 2.05. The number of carbonyl (C=O) groups excluding carboxylic acids is 3. The van der Waals surface area contributed by atoms with Crippen LogP contribution < -0.4 is 20.7 Å². The first-order valence-corrected chi connectivity index (χ1v) is 14.1. The van der Waals surface area contributed by atoms with Crippen molar-refractivity contribution in [3.63, 3.8) is 0 Å². The van der Waals surface area contributed by atoms with Gasteiger partial charge in [-0.25, -0.2) is 0 Å². The van der Waals surface area contributed by atoms with Crippen molar-refractivity contribution >= 4 is 46.9 Å². The van der Waals surface area contributed by atoms with Crippen LogP contribution >= 0.6 is 11.8 Å². The smallest absolute Gasteiger partial charge is 0.272 e. The Hall–Kier alpha value is -5.02. The van der Waals surface area contributed by atoms with E-state index >= 15 is 0 Å². The Morgan fingerprint density at radius 2 is 1.55 bits per heavy atom. The van der Waals surface area contributed by atoms with Gasteiger partial charge < -0.3 is 25.8 Å². The molecule has 0 spiro atoms. The van der Waals surface area contributed by atoms with Gasteiger partial charge >= 0.3 is 0 Å². The topological polar surface area (TPSA) is 117 Å². The third kappa shape index (κ3) is 8.25. The van der Waals surface area contributed by atoms with Crippen molar-refractivity contribution in [2.45, 2.75) is 23.5 Å². The second kappa shape index (κ2) is 14.6. The Bertz CT molecular complexity index is 1580. The minimum atomic E-state index is -0.564. The number of methoxy groups -OCH3 is 1. The molecule has 4 rings (SSSR count). The van der Waals surface area contributed by atoms with Crippen LogP contribution in [0.5, 0.6) is 11.5 Å². The number of thioether (sulfide) groups is 1. The standard InChI is InChI=1S/C33H31N3O5S/c1-3-30(33(40)34-24-13-8-5-9-14-24)42-27-16-10-15-25(20-27)35-32(39)28(36-31(38)22-11-6-4-7-12-22)19-23-17-18-26(37)21-29(23)41-2/h4-21,30,37H,3H2,1-2H3,(H,34,40)(H,35,39)(H,36,38)/b28-19+. The molecule has 0 saturated heterocycles. The van der Waals surface area contributed by atoms with Gasteiger partial charge in [0.25, 0.3) is 11.8 Å². The number of rotatable bonds is 11. The Balaban J connectivity index is 1.54. The van der Waals surface area contributed by atoms with Crippen LogP contribution in [0.1, 0.15) is 29.3 Å². The Morgan fingerprint density at radius 1 is 0.857 bits per heavy atom. The second-order valence-electron chi connectivity index (χ2n) is 9.16. The summed E-state index contributed by atoms with van der Waals surface area (Å²) in [5.74, 6) is -0.813. The molecule has 3 amide bonds. The van der Waals surface area contributed by atoms with Gasteiger partial charge in [0.15, 0.2) is 0 Å². The average molecular weight is 582 g/mol. The number of para-hydroxylation sites is 1. The van der Waals surface area contributed by atoms with E-state index in [0.29, 0.717) is 29.0 Å². The molecule has 0 saturated carbocycles. The van der Waals surface area contributed by atoms with Crippen molar-refractivity contribution in [2.24, 2.45) is 0 Å². The molecule has 42 heavy (non-hydrogen) atoms. The van der Waals surface area contributed by atoms with E-state index in [-0.39, 0.29) is 22.6 Å². The zero-order valence-corrected chi connectivity index (χ0v) is 24.0. The number of nitrogens with one attached hydrogen (secondary N) is 3. The molecule has 1 atom stereocenters. The van der Waals surface area contributed by atoms with Gasteiger partial charge in [0.05, 0.1) is 12.4 Å². The lowest BCUT2D eigenvalue weighted by Gasteiger charge is -2.16. The number of aromatic hydroxyl groups is 1. The molecule has 0 aliphatic heterocycles. The number of benzene rings is 4. The van der Waals surface area contributed by atoms with Gasteiger partial charge in [-0.3, -0.25) is 14.4 Å². The number of hydrogen-bond donors (Lipinski definition) is 4. The summed E-state index contributed by atoms with van der Waals surface area (Å²) in [4.78, 5) is 40.2. The van der Waals surface area contributed by atoms with Crippen LogP contribution in [-0.2, 0) is 9.59 Å². The largest absolute Gasteiger partial charge is 0.508 e. The quantitative estimate of drug-likeness (QED) is 0.122. The molecular formula is C33H31N3O5S. The van der Waals surface area contributed by atoms with Crippen molar-refractivity contribution in [1.29, 1.82) is 0 Å². The highest BCUT2D eigenvalue weighted by Gasteiger charge is 2.20. The zero-order valence-electron chi connectivity index (χ0n) is 23.2. The lowest BCUT2D eigenvalue weighted by molar-refractivity contribution is -0.116. The van der Waals surface area contributed by atoms with Gasteiger partial charge in [-0.05, 0) is 67.1 Å². The molecule has 4 aromatic carbocycles. The van der Waals surface area contributed by atoms with E-state index in [2.05, 4.69) is 16.0 Å². The maximum atomic E-state index is 13.5. The minimum Gasteiger partial charge on any atom is -0.508 e. The lowest BCUT2D eigenvalue weighted by Crippen LogP contribution is -2.30. The van der Waals surface area contributed by atoms with Crippen molar-refractivity contribution in [3.8, 4) is 11.5 Å². The number of carbonyl (C=O) groups is 3. The van der Waals surface area contributed by atoms with E-state index in [9.17, 15) is 19.5 Å². The predicted octanol–water partition coefficient (Wildman–Crippen LogP) is 6.32. The van der Waals surface area contributed by atoms with Gasteiger partial charge in [0.2, 0.25) is 5.91 Å². The molecular weight excluding hydrogens is 550 g/mol. The number of hydrogen-bond acceptors (Lipinski definition) is 6. The van der Waals surface area contributed by atoms with Crippen molar-refractivity contribution in [2.75, 3.05) is 17.7 Å². The first kappa shape index (κ1) is 30.0. The van der Waals surface area contributed by atoms with Gasteiger partial charge in [-0.2, -0.15) is 0 Å². The summed E-state index contributed by atoms with van der Waals surface area (Å²) in [7, 11) is 1.45. The van der Waals surface area contributed by atoms with Gasteiger partial charge in [0.1, 0.15) is 17.2 Å². The van der Waals surface area contributed by atoms with Gasteiger partial charge in [0, 0.05) is 33.5 Å². The normalized spacial score (nSPS) is 11.7. The SMILES string of the molecule is CCC(Sc1cccc(NC(=O)/C(=C\c2ccc(O)cc2OC)NC(=O)c2ccccc2)c1)C(=O)Nc1ccccc1. The van der Waals surface area contributed by atoms with E-state index in [1.807, 2.05) is 43.3 Å². The van der Waals surface area contributed by atoms with Crippen LogP contribution in [0.15, 0.2) is 114 Å². The number of phenolic OH excluding ortho intramolecular Hbond substituents is 1. The monoisotopic (exact) mass is 581 g/mol. The first-order valence-electron chi connectivity index (χ1n) is 13.3. The van der Waals surface area contributed by atoms with Crippen molar-refractivity contribution in [1.82, 2.24) is 5.32 Å². The average Bonchev–Trinajstić information content (AvgIpc) is 3.01. The molecule has 0 aliphatic rings. The lowest BCUT2D eigenvalue weighted by atomic mass is 10.1. The fourth-order valence-electron chi connectivity index (χ4n) is 3.99. The molecule has 4 N–H and O–H groups in total. The minimum absolute atomic E-state index is 0.000436. The Morgan fingerprint density at radius 3 is 2.24 bits per heavy atom. The molecule has 9 heteroatoms. The van der Waals surface area contributed by atoms with Crippen LogP contribution in [-0.4, -0.2) is 35.2 Å². The third-order valence-electron chi connectivity index (χ3n) is 6.12. The van der Waals surface area contributed by atoms with E-state index in [4.69, 9.17) is 4.74 Å². The van der Waals surface area contributed by atoms with Crippen LogP contribution in [0.25, 0.3) is 6.08 Å². The highest BCUT2D eigenvalue weighted by molar-refractivity contribution is 8.00. The van der Waals surface area contributed by atoms with Crippen LogP contribution in [0, 0.1) is 0 Å². The highest BCUT2D eigenvalue weighted by atomic mass is 32.2. The van der Waals surface area contributed by atoms with Crippen LogP contribution in [0.2, 0.25) is 0 Å². The number of amides is 3. The summed E-state index contributed by atoms with van der Waals surface area (Å²) in [6, 6.07) is 29.4. The molecule has 0 bridgehead atoms. The van der Waals surface area contributed by atoms with Gasteiger partial charge in [-0.1, -0.05) is 49.4 Å². The number of ether oxygens (including phenoxy) is 1. The van der Waals surface area contributed by atoms with E-state index in [0.717, 1.165) is 10.6 Å². The van der Waals surface area contributed by atoms with Gasteiger partial charge in [-0.15, -0.1) is 11.8 Å². The molecule has 0 aromatic heterocycles. The molecule has 214 valence electrons. The third-order valence-corrected chi connectivity index (χ3v) is 7.48. The molecule has 4 aromatic rings. The summed E-state index contributed by atoms with van der Waals surface area (Å²) in [6.07, 6.45) is 2.08. The molecule has 1 unspecified atom stereocenters. The summed E-state index contributed by atoms with van der Waals surface area (Å²) in [6.45, 7) is 1.94. The first-order chi connectivity index (χ1) is 20.4.